The maximum absolute atomic E-state index is 11.6. The van der Waals surface area contributed by atoms with Gasteiger partial charge in [0, 0.05) is 0 Å². The molecule has 16 heavy (non-hydrogen) atoms. The van der Waals surface area contributed by atoms with Crippen LogP contribution in [0.25, 0.3) is 0 Å². The van der Waals surface area contributed by atoms with E-state index in [9.17, 15) is 9.59 Å². The number of hydrogen-bond donors (Lipinski definition) is 2. The van der Waals surface area contributed by atoms with Crippen LogP contribution in [0.2, 0.25) is 0 Å². The van der Waals surface area contributed by atoms with Crippen LogP contribution in [0.5, 0.6) is 0 Å². The number of carbonyl (C=O) groups is 2. The van der Waals surface area contributed by atoms with Gasteiger partial charge >= 0.3 is 6.09 Å². The predicted octanol–water partition coefficient (Wildman–Crippen LogP) is 2.10. The average molecular weight is 372 g/mol. The summed E-state index contributed by atoms with van der Waals surface area (Å²) in [5.41, 5.74) is 5.30. The number of halogens is 2. The van der Waals surface area contributed by atoms with Crippen molar-refractivity contribution >= 4 is 55.2 Å². The van der Waals surface area contributed by atoms with Gasteiger partial charge < -0.3 is 15.8 Å². The molecule has 0 saturated carbocycles. The van der Waals surface area contributed by atoms with Crippen LogP contribution in [0.3, 0.4) is 0 Å². The molecule has 1 aromatic heterocycles. The average Bonchev–Trinajstić information content (AvgIpc) is 2.52. The summed E-state index contributed by atoms with van der Waals surface area (Å²) in [5, 5.41) is 2.59. The quantitative estimate of drug-likeness (QED) is 0.795. The van der Waals surface area contributed by atoms with Crippen molar-refractivity contribution in [3.8, 4) is 0 Å². The molecular weight excluding hydrogens is 364 g/mol. The van der Waals surface area contributed by atoms with Crippen molar-refractivity contribution in [3.63, 3.8) is 0 Å². The lowest BCUT2D eigenvalue weighted by Gasteiger charge is -2.03. The number of rotatable bonds is 4. The maximum atomic E-state index is 11.6. The van der Waals surface area contributed by atoms with E-state index in [-0.39, 0.29) is 19.1 Å². The Hall–Kier alpha value is -0.600. The highest BCUT2D eigenvalue weighted by atomic mass is 79.9. The van der Waals surface area contributed by atoms with Crippen LogP contribution in [-0.4, -0.2) is 25.2 Å². The van der Waals surface area contributed by atoms with Gasteiger partial charge in [-0.1, -0.05) is 0 Å². The number of ether oxygens (including phenoxy) is 1. The van der Waals surface area contributed by atoms with E-state index in [1.54, 1.807) is 6.07 Å². The lowest BCUT2D eigenvalue weighted by atomic mass is 10.3. The number of carbonyl (C=O) groups excluding carboxylic acids is 2. The first-order chi connectivity index (χ1) is 7.50. The molecule has 0 unspecified atom stereocenters. The fourth-order valence-corrected chi connectivity index (χ4v) is 3.70. The molecule has 2 amide bonds. The van der Waals surface area contributed by atoms with E-state index in [1.807, 2.05) is 0 Å². The maximum Gasteiger partial charge on any atom is 0.404 e. The number of nitrogens with one attached hydrogen (secondary N) is 1. The van der Waals surface area contributed by atoms with Crippen LogP contribution >= 0.6 is 43.2 Å². The van der Waals surface area contributed by atoms with E-state index in [1.165, 1.54) is 11.3 Å². The van der Waals surface area contributed by atoms with Crippen LogP contribution in [0.4, 0.5) is 4.79 Å². The summed E-state index contributed by atoms with van der Waals surface area (Å²) in [4.78, 5) is 21.8. The Morgan fingerprint density at radius 2 is 2.19 bits per heavy atom. The van der Waals surface area contributed by atoms with Crippen LogP contribution in [0.15, 0.2) is 13.6 Å². The fraction of sp³-hybridized carbons (Fsp3) is 0.250. The van der Waals surface area contributed by atoms with E-state index >= 15 is 0 Å². The molecule has 0 radical (unpaired) electrons. The molecule has 0 saturated heterocycles. The molecule has 1 heterocycles. The zero-order valence-corrected chi connectivity index (χ0v) is 11.9. The van der Waals surface area contributed by atoms with Crippen molar-refractivity contribution in [1.29, 1.82) is 0 Å². The first-order valence-corrected chi connectivity index (χ1v) is 6.56. The summed E-state index contributed by atoms with van der Waals surface area (Å²) in [6, 6.07) is 1.71. The molecule has 0 aliphatic heterocycles. The Morgan fingerprint density at radius 3 is 2.69 bits per heavy atom. The molecule has 0 fully saturated rings. The highest BCUT2D eigenvalue weighted by molar-refractivity contribution is 9.12. The van der Waals surface area contributed by atoms with Crippen molar-refractivity contribution in [1.82, 2.24) is 5.32 Å². The fourth-order valence-electron chi connectivity index (χ4n) is 0.906. The van der Waals surface area contributed by atoms with Gasteiger partial charge in [-0.3, -0.25) is 4.79 Å². The van der Waals surface area contributed by atoms with Gasteiger partial charge in [0.2, 0.25) is 0 Å². The SMILES string of the molecule is NC(=O)OCCNC(=O)c1cc(Br)sc1Br. The van der Waals surface area contributed by atoms with E-state index in [0.717, 1.165) is 7.57 Å². The predicted molar refractivity (Wildman–Crippen MR) is 67.6 cm³/mol. The van der Waals surface area contributed by atoms with Crippen molar-refractivity contribution in [2.24, 2.45) is 5.73 Å². The van der Waals surface area contributed by atoms with Crippen molar-refractivity contribution < 1.29 is 14.3 Å². The zero-order valence-electron chi connectivity index (χ0n) is 7.96. The summed E-state index contributed by atoms with van der Waals surface area (Å²) >= 11 is 7.96. The molecule has 0 spiro atoms. The highest BCUT2D eigenvalue weighted by Crippen LogP contribution is 2.31. The number of hydrogen-bond acceptors (Lipinski definition) is 4. The molecule has 0 atom stereocenters. The first kappa shape index (κ1) is 13.5. The molecule has 0 aromatic carbocycles. The van der Waals surface area contributed by atoms with Crippen molar-refractivity contribution in [2.75, 3.05) is 13.2 Å². The molecule has 1 rings (SSSR count). The minimum Gasteiger partial charge on any atom is -0.448 e. The van der Waals surface area contributed by atoms with Gasteiger partial charge in [-0.2, -0.15) is 0 Å². The highest BCUT2D eigenvalue weighted by Gasteiger charge is 2.12. The smallest absolute Gasteiger partial charge is 0.404 e. The number of nitrogens with two attached hydrogens (primary N) is 1. The summed E-state index contributed by atoms with van der Waals surface area (Å²) in [6.07, 6.45) is -0.853. The Bertz CT molecular complexity index is 408. The van der Waals surface area contributed by atoms with Gasteiger partial charge in [0.15, 0.2) is 0 Å². The monoisotopic (exact) mass is 370 g/mol. The topological polar surface area (TPSA) is 81.4 Å². The lowest BCUT2D eigenvalue weighted by Crippen LogP contribution is -2.28. The van der Waals surface area contributed by atoms with Crippen LogP contribution in [-0.2, 0) is 4.74 Å². The minimum absolute atomic E-state index is 0.0595. The molecule has 0 aliphatic rings. The third-order valence-corrected chi connectivity index (χ3v) is 3.87. The summed E-state index contributed by atoms with van der Waals surface area (Å²) in [6.45, 7) is 0.283. The molecule has 5 nitrogen and oxygen atoms in total. The van der Waals surface area contributed by atoms with E-state index in [0.29, 0.717) is 5.56 Å². The second-order valence-corrected chi connectivity index (χ2v) is 6.41. The van der Waals surface area contributed by atoms with E-state index in [2.05, 4.69) is 41.9 Å². The Morgan fingerprint density at radius 1 is 1.50 bits per heavy atom. The number of primary amides is 1. The third-order valence-electron chi connectivity index (χ3n) is 1.53. The summed E-state index contributed by atoms with van der Waals surface area (Å²) < 4.78 is 6.07. The molecule has 8 heteroatoms. The number of thiophene rings is 1. The standard InChI is InChI=1S/C8H8Br2N2O3S/c9-5-3-4(6(10)16-5)7(13)12-1-2-15-8(11)14/h3H,1-2H2,(H2,11,14)(H,12,13). The van der Waals surface area contributed by atoms with Crippen LogP contribution in [0, 0.1) is 0 Å². The molecule has 0 bridgehead atoms. The van der Waals surface area contributed by atoms with Gasteiger partial charge in [0.25, 0.3) is 5.91 Å². The first-order valence-electron chi connectivity index (χ1n) is 4.16. The van der Waals surface area contributed by atoms with Gasteiger partial charge in [0.1, 0.15) is 6.61 Å². The second kappa shape index (κ2) is 6.21. The van der Waals surface area contributed by atoms with Crippen LogP contribution < -0.4 is 11.1 Å². The summed E-state index contributed by atoms with van der Waals surface area (Å²) in [5.74, 6) is -0.234. The van der Waals surface area contributed by atoms with Gasteiger partial charge in [0.05, 0.1) is 19.7 Å². The molecular formula is C8H8Br2N2O3S. The Kier molecular flexibility index (Phi) is 5.23. The number of amides is 2. The molecule has 88 valence electrons. The normalized spacial score (nSPS) is 9.88. The van der Waals surface area contributed by atoms with Gasteiger partial charge in [-0.15, -0.1) is 11.3 Å². The Labute approximate surface area is 113 Å². The van der Waals surface area contributed by atoms with Crippen molar-refractivity contribution in [3.05, 3.63) is 19.2 Å². The summed E-state index contributed by atoms with van der Waals surface area (Å²) in [7, 11) is 0. The van der Waals surface area contributed by atoms with E-state index < -0.39 is 6.09 Å². The second-order valence-electron chi connectivity index (χ2n) is 2.66. The molecule has 1 aromatic rings. The zero-order chi connectivity index (χ0) is 12.1. The van der Waals surface area contributed by atoms with Crippen molar-refractivity contribution in [2.45, 2.75) is 0 Å². The third kappa shape index (κ3) is 4.11. The van der Waals surface area contributed by atoms with Gasteiger partial charge in [-0.25, -0.2) is 4.79 Å². The largest absolute Gasteiger partial charge is 0.448 e. The lowest BCUT2D eigenvalue weighted by molar-refractivity contribution is 0.0936. The van der Waals surface area contributed by atoms with Gasteiger partial charge in [-0.05, 0) is 37.9 Å². The Balaban J connectivity index is 2.41. The molecule has 0 aliphatic carbocycles. The van der Waals surface area contributed by atoms with E-state index in [4.69, 9.17) is 5.73 Å². The molecule has 3 N–H and O–H groups in total. The van der Waals surface area contributed by atoms with Crippen LogP contribution in [0.1, 0.15) is 10.4 Å². The minimum atomic E-state index is -0.853.